The molecule has 0 saturated carbocycles. The van der Waals surface area contributed by atoms with Crippen LogP contribution in [0.3, 0.4) is 0 Å². The molecular weight excluding hydrogens is 189 g/mol. The van der Waals surface area contributed by atoms with Crippen LogP contribution in [0.2, 0.25) is 0 Å². The number of hydrogen-bond donors (Lipinski definition) is 0. The van der Waals surface area contributed by atoms with Crippen molar-refractivity contribution in [2.75, 3.05) is 7.11 Å². The number of carbonyl (C=O) groups is 1. The van der Waals surface area contributed by atoms with Gasteiger partial charge >= 0.3 is 0 Å². The second-order valence-corrected chi connectivity index (χ2v) is 2.35. The van der Waals surface area contributed by atoms with Gasteiger partial charge in [0.1, 0.15) is 11.6 Å². The van der Waals surface area contributed by atoms with E-state index in [1.54, 1.807) is 0 Å². The molecule has 0 unspecified atom stereocenters. The maximum Gasteiger partial charge on any atom is 0.290 e. The van der Waals surface area contributed by atoms with E-state index in [4.69, 9.17) is 4.74 Å². The number of nitrogens with zero attached hydrogens (tertiary/aromatic N) is 1. The Hall–Kier alpha value is -2.00. The van der Waals surface area contributed by atoms with Crippen LogP contribution in [0.4, 0.5) is 4.39 Å². The summed E-state index contributed by atoms with van der Waals surface area (Å²) in [7, 11) is 1.37. The van der Waals surface area contributed by atoms with Gasteiger partial charge in [0.2, 0.25) is 6.08 Å². The van der Waals surface area contributed by atoms with Crippen LogP contribution < -0.4 is 4.74 Å². The standard InChI is InChI=1S/C9H6FNO3/c1-14-6-2-3-7(8(10)4-6)9(13)11-5-12/h2-4H,1H3. The second-order valence-electron chi connectivity index (χ2n) is 2.35. The molecule has 1 rings (SSSR count). The SMILES string of the molecule is COc1ccc(C(=O)N=C=O)c(F)c1. The minimum Gasteiger partial charge on any atom is -0.497 e. The lowest BCUT2D eigenvalue weighted by Gasteiger charge is -2.01. The molecule has 0 radical (unpaired) electrons. The molecule has 0 fully saturated rings. The zero-order valence-electron chi connectivity index (χ0n) is 7.28. The Morgan fingerprint density at radius 2 is 2.29 bits per heavy atom. The number of benzene rings is 1. The molecule has 0 aliphatic heterocycles. The molecule has 1 amide bonds. The van der Waals surface area contributed by atoms with E-state index in [-0.39, 0.29) is 11.3 Å². The van der Waals surface area contributed by atoms with Crippen molar-refractivity contribution in [3.8, 4) is 5.75 Å². The Balaban J connectivity index is 3.11. The summed E-state index contributed by atoms with van der Waals surface area (Å²) in [6.45, 7) is 0. The highest BCUT2D eigenvalue weighted by atomic mass is 19.1. The maximum absolute atomic E-state index is 13.1. The summed E-state index contributed by atoms with van der Waals surface area (Å²) in [6, 6.07) is 3.63. The van der Waals surface area contributed by atoms with Crippen molar-refractivity contribution in [3.63, 3.8) is 0 Å². The van der Waals surface area contributed by atoms with E-state index >= 15 is 0 Å². The molecular formula is C9H6FNO3. The van der Waals surface area contributed by atoms with Gasteiger partial charge in [-0.05, 0) is 12.1 Å². The molecule has 1 aromatic carbocycles. The molecule has 14 heavy (non-hydrogen) atoms. The molecule has 0 aliphatic carbocycles. The second kappa shape index (κ2) is 4.30. The van der Waals surface area contributed by atoms with Crippen molar-refractivity contribution >= 4 is 12.0 Å². The molecule has 0 aliphatic rings. The summed E-state index contributed by atoms with van der Waals surface area (Å²) in [5, 5.41) is 0. The lowest BCUT2D eigenvalue weighted by atomic mass is 10.2. The van der Waals surface area contributed by atoms with Crippen LogP contribution in [0.25, 0.3) is 0 Å². The van der Waals surface area contributed by atoms with Gasteiger partial charge in [-0.1, -0.05) is 0 Å². The largest absolute Gasteiger partial charge is 0.497 e. The van der Waals surface area contributed by atoms with Crippen molar-refractivity contribution < 1.29 is 18.7 Å². The maximum atomic E-state index is 13.1. The lowest BCUT2D eigenvalue weighted by Crippen LogP contribution is -1.99. The number of carbonyl (C=O) groups excluding carboxylic acids is 2. The first-order chi connectivity index (χ1) is 6.69. The number of rotatable bonds is 2. The van der Waals surface area contributed by atoms with Gasteiger partial charge in [-0.3, -0.25) is 4.79 Å². The van der Waals surface area contributed by atoms with E-state index < -0.39 is 11.7 Å². The Labute approximate surface area is 79.0 Å². The predicted molar refractivity (Wildman–Crippen MR) is 45.4 cm³/mol. The number of amides is 1. The first kappa shape index (κ1) is 10.1. The Kier molecular flexibility index (Phi) is 3.09. The number of aliphatic imine (C=N–C) groups is 1. The van der Waals surface area contributed by atoms with Crippen molar-refractivity contribution in [2.24, 2.45) is 4.99 Å². The number of methoxy groups -OCH3 is 1. The van der Waals surface area contributed by atoms with E-state index in [0.29, 0.717) is 0 Å². The lowest BCUT2D eigenvalue weighted by molar-refractivity contribution is 0.0999. The number of hydrogen-bond acceptors (Lipinski definition) is 3. The van der Waals surface area contributed by atoms with Gasteiger partial charge in [-0.15, -0.1) is 4.99 Å². The molecule has 4 nitrogen and oxygen atoms in total. The van der Waals surface area contributed by atoms with Crippen LogP contribution in [0.1, 0.15) is 10.4 Å². The first-order valence-electron chi connectivity index (χ1n) is 3.64. The molecule has 0 heterocycles. The summed E-state index contributed by atoms with van der Waals surface area (Å²) in [5.41, 5.74) is -0.283. The van der Waals surface area contributed by atoms with Gasteiger partial charge in [0.05, 0.1) is 12.7 Å². The van der Waals surface area contributed by atoms with Gasteiger partial charge in [-0.2, -0.15) is 0 Å². The zero-order valence-corrected chi connectivity index (χ0v) is 7.28. The van der Waals surface area contributed by atoms with Crippen molar-refractivity contribution in [1.29, 1.82) is 0 Å². The minimum absolute atomic E-state index is 0.283. The van der Waals surface area contributed by atoms with Crippen LogP contribution in [0, 0.1) is 5.82 Å². The Morgan fingerprint density at radius 3 is 2.79 bits per heavy atom. The molecule has 0 aromatic heterocycles. The third-order valence-corrected chi connectivity index (χ3v) is 1.55. The fourth-order valence-electron chi connectivity index (χ4n) is 0.898. The predicted octanol–water partition coefficient (Wildman–Crippen LogP) is 1.31. The highest BCUT2D eigenvalue weighted by Gasteiger charge is 2.11. The summed E-state index contributed by atoms with van der Waals surface area (Å²) >= 11 is 0. The first-order valence-corrected chi connectivity index (χ1v) is 3.64. The van der Waals surface area contributed by atoms with E-state index in [2.05, 4.69) is 4.99 Å². The summed E-state index contributed by atoms with van der Waals surface area (Å²) in [4.78, 5) is 23.5. The third kappa shape index (κ3) is 2.02. The average Bonchev–Trinajstić information content (AvgIpc) is 2.17. The Morgan fingerprint density at radius 1 is 1.57 bits per heavy atom. The molecule has 0 spiro atoms. The van der Waals surface area contributed by atoms with Crippen molar-refractivity contribution in [2.45, 2.75) is 0 Å². The van der Waals surface area contributed by atoms with Crippen molar-refractivity contribution in [1.82, 2.24) is 0 Å². The van der Waals surface area contributed by atoms with Gasteiger partial charge in [0.25, 0.3) is 5.91 Å². The molecule has 0 atom stereocenters. The molecule has 0 N–H and O–H groups in total. The van der Waals surface area contributed by atoms with Crippen LogP contribution in [0.15, 0.2) is 23.2 Å². The smallest absolute Gasteiger partial charge is 0.290 e. The number of isocyanates is 1. The zero-order chi connectivity index (χ0) is 10.6. The van der Waals surface area contributed by atoms with E-state index in [1.165, 1.54) is 19.2 Å². The van der Waals surface area contributed by atoms with Crippen LogP contribution in [0.5, 0.6) is 5.75 Å². The summed E-state index contributed by atoms with van der Waals surface area (Å²) < 4.78 is 17.9. The number of halogens is 1. The minimum atomic E-state index is -0.958. The Bertz CT molecular complexity index is 411. The molecule has 0 saturated heterocycles. The summed E-state index contributed by atoms with van der Waals surface area (Å²) in [5.74, 6) is -1.46. The van der Waals surface area contributed by atoms with Gasteiger partial charge in [0.15, 0.2) is 0 Å². The molecule has 1 aromatic rings. The van der Waals surface area contributed by atoms with E-state index in [9.17, 15) is 14.0 Å². The monoisotopic (exact) mass is 195 g/mol. The average molecular weight is 195 g/mol. The van der Waals surface area contributed by atoms with Gasteiger partial charge in [0, 0.05) is 6.07 Å². The van der Waals surface area contributed by atoms with Crippen LogP contribution in [-0.2, 0) is 4.79 Å². The quantitative estimate of drug-likeness (QED) is 0.528. The van der Waals surface area contributed by atoms with Gasteiger partial charge < -0.3 is 4.74 Å². The topological polar surface area (TPSA) is 55.7 Å². The van der Waals surface area contributed by atoms with Crippen LogP contribution in [-0.4, -0.2) is 19.1 Å². The normalized spacial score (nSPS) is 9.00. The van der Waals surface area contributed by atoms with Crippen LogP contribution >= 0.6 is 0 Å². The molecule has 5 heteroatoms. The highest BCUT2D eigenvalue weighted by molar-refractivity contribution is 5.97. The van der Waals surface area contributed by atoms with E-state index in [1.807, 2.05) is 0 Å². The van der Waals surface area contributed by atoms with Gasteiger partial charge in [-0.25, -0.2) is 9.18 Å². The molecule has 72 valence electrons. The highest BCUT2D eigenvalue weighted by Crippen LogP contribution is 2.16. The fourth-order valence-corrected chi connectivity index (χ4v) is 0.898. The molecule has 0 bridgehead atoms. The third-order valence-electron chi connectivity index (χ3n) is 1.55. The van der Waals surface area contributed by atoms with Crippen molar-refractivity contribution in [3.05, 3.63) is 29.6 Å². The number of ether oxygens (including phenoxy) is 1. The fraction of sp³-hybridized carbons (Fsp3) is 0.111. The summed E-state index contributed by atoms with van der Waals surface area (Å²) in [6.07, 6.45) is 1.05. The van der Waals surface area contributed by atoms with E-state index in [0.717, 1.165) is 12.1 Å².